The molecule has 0 unspecified atom stereocenters. The Bertz CT molecular complexity index is 587. The molecular weight excluding hydrogens is 290 g/mol. The lowest BCUT2D eigenvalue weighted by molar-refractivity contribution is -0.127. The maximum absolute atomic E-state index is 12.7. The van der Waals surface area contributed by atoms with Gasteiger partial charge in [-0.05, 0) is 43.2 Å². The molecule has 2 atom stereocenters. The molecular formula is C18H25N3O2. The molecule has 3 rings (SSSR count). The zero-order valence-electron chi connectivity index (χ0n) is 13.5. The number of rotatable bonds is 2. The van der Waals surface area contributed by atoms with Crippen LogP contribution in [0.25, 0.3) is 0 Å². The van der Waals surface area contributed by atoms with E-state index in [-0.39, 0.29) is 17.9 Å². The van der Waals surface area contributed by atoms with Crippen molar-refractivity contribution < 1.29 is 9.59 Å². The van der Waals surface area contributed by atoms with Crippen molar-refractivity contribution in [2.45, 2.75) is 44.6 Å². The normalized spacial score (nSPS) is 24.4. The van der Waals surface area contributed by atoms with Gasteiger partial charge in [-0.3, -0.25) is 4.79 Å². The van der Waals surface area contributed by atoms with Crippen LogP contribution in [0.15, 0.2) is 24.3 Å². The van der Waals surface area contributed by atoms with E-state index in [4.69, 9.17) is 5.73 Å². The van der Waals surface area contributed by atoms with Crippen LogP contribution in [0.5, 0.6) is 0 Å². The molecule has 3 N–H and O–H groups in total. The summed E-state index contributed by atoms with van der Waals surface area (Å²) in [6, 6.07) is 8.05. The van der Waals surface area contributed by atoms with Crippen molar-refractivity contribution in [2.75, 3.05) is 13.1 Å². The first-order chi connectivity index (χ1) is 11.1. The van der Waals surface area contributed by atoms with E-state index in [0.29, 0.717) is 13.1 Å². The third-order valence-electron chi connectivity index (χ3n) is 5.04. The van der Waals surface area contributed by atoms with Gasteiger partial charge in [-0.2, -0.15) is 0 Å². The van der Waals surface area contributed by atoms with Crippen molar-refractivity contribution in [3.8, 4) is 0 Å². The molecule has 1 fully saturated rings. The average molecular weight is 315 g/mol. The third-order valence-corrected chi connectivity index (χ3v) is 5.04. The standard InChI is InChI=1S/C18H25N3O2/c19-18(23)21-11-5-8-14(12-21)17(22)20-16-10-4-2-7-13-6-1-3-9-15(13)16/h1,3,6,9,14,16H,2,4-5,7-8,10-12H2,(H2,19,23)(H,20,22)/t14-,16-/m0/s1. The van der Waals surface area contributed by atoms with Crippen molar-refractivity contribution >= 4 is 11.9 Å². The summed E-state index contributed by atoms with van der Waals surface area (Å²) in [4.78, 5) is 25.6. The van der Waals surface area contributed by atoms with Gasteiger partial charge in [-0.15, -0.1) is 0 Å². The lowest BCUT2D eigenvalue weighted by Crippen LogP contribution is -2.47. The number of carbonyl (C=O) groups is 2. The lowest BCUT2D eigenvalue weighted by atomic mass is 9.95. The van der Waals surface area contributed by atoms with Gasteiger partial charge >= 0.3 is 6.03 Å². The Morgan fingerprint density at radius 3 is 2.78 bits per heavy atom. The number of benzene rings is 1. The van der Waals surface area contributed by atoms with Gasteiger partial charge in [0.15, 0.2) is 0 Å². The van der Waals surface area contributed by atoms with Crippen LogP contribution < -0.4 is 11.1 Å². The van der Waals surface area contributed by atoms with Crippen molar-refractivity contribution in [3.63, 3.8) is 0 Å². The summed E-state index contributed by atoms with van der Waals surface area (Å²) in [5.41, 5.74) is 7.95. The van der Waals surface area contributed by atoms with E-state index in [1.807, 2.05) is 6.07 Å². The highest BCUT2D eigenvalue weighted by atomic mass is 16.2. The van der Waals surface area contributed by atoms with Crippen molar-refractivity contribution in [2.24, 2.45) is 11.7 Å². The summed E-state index contributed by atoms with van der Waals surface area (Å²) in [6.07, 6.45) is 6.02. The Hall–Kier alpha value is -2.04. The molecule has 0 bridgehead atoms. The van der Waals surface area contributed by atoms with Gasteiger partial charge in [0, 0.05) is 13.1 Å². The van der Waals surface area contributed by atoms with Gasteiger partial charge in [0.05, 0.1) is 12.0 Å². The van der Waals surface area contributed by atoms with Crippen LogP contribution in [0.4, 0.5) is 4.79 Å². The monoisotopic (exact) mass is 315 g/mol. The molecule has 23 heavy (non-hydrogen) atoms. The van der Waals surface area contributed by atoms with Gasteiger partial charge in [-0.1, -0.05) is 30.7 Å². The first-order valence-electron chi connectivity index (χ1n) is 8.57. The first kappa shape index (κ1) is 15.8. The fourth-order valence-corrected chi connectivity index (χ4v) is 3.75. The summed E-state index contributed by atoms with van der Waals surface area (Å²) in [6.45, 7) is 1.10. The highest BCUT2D eigenvalue weighted by Gasteiger charge is 2.29. The molecule has 1 saturated heterocycles. The minimum Gasteiger partial charge on any atom is -0.351 e. The van der Waals surface area contributed by atoms with E-state index in [1.54, 1.807) is 4.90 Å². The molecule has 1 heterocycles. The van der Waals surface area contributed by atoms with Crippen LogP contribution >= 0.6 is 0 Å². The van der Waals surface area contributed by atoms with Crippen LogP contribution in [-0.4, -0.2) is 29.9 Å². The number of hydrogen-bond donors (Lipinski definition) is 2. The zero-order chi connectivity index (χ0) is 16.2. The molecule has 1 aromatic rings. The van der Waals surface area contributed by atoms with Crippen LogP contribution in [0, 0.1) is 5.92 Å². The molecule has 0 aromatic heterocycles. The predicted molar refractivity (Wildman–Crippen MR) is 88.8 cm³/mol. The summed E-state index contributed by atoms with van der Waals surface area (Å²) in [7, 11) is 0. The van der Waals surface area contributed by atoms with E-state index in [2.05, 4.69) is 23.5 Å². The molecule has 0 radical (unpaired) electrons. The first-order valence-corrected chi connectivity index (χ1v) is 8.57. The average Bonchev–Trinajstić information content (AvgIpc) is 2.77. The largest absolute Gasteiger partial charge is 0.351 e. The van der Waals surface area contributed by atoms with Gasteiger partial charge < -0.3 is 16.0 Å². The molecule has 2 aliphatic rings. The molecule has 5 heteroatoms. The van der Waals surface area contributed by atoms with Crippen molar-refractivity contribution in [1.82, 2.24) is 10.2 Å². The van der Waals surface area contributed by atoms with Gasteiger partial charge in [0.2, 0.25) is 5.91 Å². The molecule has 5 nitrogen and oxygen atoms in total. The summed E-state index contributed by atoms with van der Waals surface area (Å²) < 4.78 is 0. The fourth-order valence-electron chi connectivity index (χ4n) is 3.75. The molecule has 1 aliphatic carbocycles. The maximum Gasteiger partial charge on any atom is 0.314 e. The topological polar surface area (TPSA) is 75.4 Å². The molecule has 3 amide bonds. The highest BCUT2D eigenvalue weighted by Crippen LogP contribution is 2.29. The number of aryl methyl sites for hydroxylation is 1. The summed E-state index contributed by atoms with van der Waals surface area (Å²) >= 11 is 0. The van der Waals surface area contributed by atoms with Gasteiger partial charge in [-0.25, -0.2) is 4.79 Å². The van der Waals surface area contributed by atoms with Crippen LogP contribution in [-0.2, 0) is 11.2 Å². The molecule has 1 aliphatic heterocycles. The Balaban J connectivity index is 1.69. The SMILES string of the molecule is NC(=O)N1CCC[C@H](C(=O)N[C@H]2CCCCc3ccccc32)C1. The minimum atomic E-state index is -0.428. The number of nitrogens with one attached hydrogen (secondary N) is 1. The number of fused-ring (bicyclic) bond motifs is 1. The maximum atomic E-state index is 12.7. The van der Waals surface area contributed by atoms with Crippen molar-refractivity contribution in [3.05, 3.63) is 35.4 Å². The second-order valence-corrected chi connectivity index (χ2v) is 6.63. The van der Waals surface area contributed by atoms with E-state index < -0.39 is 6.03 Å². The smallest absolute Gasteiger partial charge is 0.314 e. The Labute approximate surface area is 137 Å². The van der Waals surface area contributed by atoms with E-state index >= 15 is 0 Å². The zero-order valence-corrected chi connectivity index (χ0v) is 13.5. The van der Waals surface area contributed by atoms with E-state index in [9.17, 15) is 9.59 Å². The highest BCUT2D eigenvalue weighted by molar-refractivity contribution is 5.81. The Morgan fingerprint density at radius 2 is 1.96 bits per heavy atom. The molecule has 1 aromatic carbocycles. The Morgan fingerprint density at radius 1 is 1.13 bits per heavy atom. The number of nitrogens with two attached hydrogens (primary N) is 1. The van der Waals surface area contributed by atoms with E-state index in [1.165, 1.54) is 17.5 Å². The number of urea groups is 1. The number of primary amides is 1. The van der Waals surface area contributed by atoms with Crippen LogP contribution in [0.1, 0.15) is 49.3 Å². The lowest BCUT2D eigenvalue weighted by Gasteiger charge is -2.32. The second kappa shape index (κ2) is 7.02. The van der Waals surface area contributed by atoms with Gasteiger partial charge in [0.1, 0.15) is 0 Å². The molecule has 0 saturated carbocycles. The van der Waals surface area contributed by atoms with Crippen LogP contribution in [0.2, 0.25) is 0 Å². The van der Waals surface area contributed by atoms with E-state index in [0.717, 1.165) is 32.1 Å². The number of nitrogens with zero attached hydrogens (tertiary/aromatic N) is 1. The fraction of sp³-hybridized carbons (Fsp3) is 0.556. The second-order valence-electron chi connectivity index (χ2n) is 6.63. The Kier molecular flexibility index (Phi) is 4.84. The number of carbonyl (C=O) groups excluding carboxylic acids is 2. The van der Waals surface area contributed by atoms with Gasteiger partial charge in [0.25, 0.3) is 0 Å². The molecule has 0 spiro atoms. The minimum absolute atomic E-state index is 0.0534. The summed E-state index contributed by atoms with van der Waals surface area (Å²) in [5.74, 6) is -0.0932. The van der Waals surface area contributed by atoms with Crippen molar-refractivity contribution in [1.29, 1.82) is 0 Å². The quantitative estimate of drug-likeness (QED) is 0.822. The van der Waals surface area contributed by atoms with Crippen LogP contribution in [0.3, 0.4) is 0 Å². The number of hydrogen-bond acceptors (Lipinski definition) is 2. The number of amides is 3. The molecule has 124 valence electrons. The number of piperidine rings is 1. The third kappa shape index (κ3) is 3.66. The number of likely N-dealkylation sites (tertiary alicyclic amines) is 1. The predicted octanol–water partition coefficient (Wildman–Crippen LogP) is 2.36. The summed E-state index contributed by atoms with van der Waals surface area (Å²) in [5, 5.41) is 3.23.